The van der Waals surface area contributed by atoms with E-state index < -0.39 is 11.7 Å². The van der Waals surface area contributed by atoms with Crippen LogP contribution in [0.2, 0.25) is 0 Å². The number of thioether (sulfide) groups is 1. The molecule has 1 unspecified atom stereocenters. The molecule has 7 nitrogen and oxygen atoms in total. The molecule has 4 rings (SSSR count). The highest BCUT2D eigenvalue weighted by atomic mass is 32.2. The maximum absolute atomic E-state index is 12.9. The molecule has 0 saturated heterocycles. The van der Waals surface area contributed by atoms with E-state index in [0.717, 1.165) is 42.3 Å². The summed E-state index contributed by atoms with van der Waals surface area (Å²) >= 11 is 1.16. The van der Waals surface area contributed by atoms with Gasteiger partial charge in [0.1, 0.15) is 11.1 Å². The Labute approximate surface area is 191 Å². The first-order valence-corrected chi connectivity index (χ1v) is 11.5. The SMILES string of the molecule is CC(C)(C)C1CCc2nc(SCC(=O)c3c([O-])on[n+]3-c3ccccc3)c(C#N)cc2C1. The summed E-state index contributed by atoms with van der Waals surface area (Å²) in [5.41, 5.74) is 3.18. The minimum absolute atomic E-state index is 0.0473. The van der Waals surface area contributed by atoms with Crippen molar-refractivity contribution in [1.82, 2.24) is 10.3 Å². The second kappa shape index (κ2) is 8.75. The number of para-hydroxylation sites is 1. The number of ketones is 1. The Morgan fingerprint density at radius 1 is 1.34 bits per heavy atom. The second-order valence-corrected chi connectivity index (χ2v) is 10.00. The molecule has 8 heteroatoms. The van der Waals surface area contributed by atoms with Gasteiger partial charge in [-0.1, -0.05) is 50.7 Å². The predicted molar refractivity (Wildman–Crippen MR) is 116 cm³/mol. The van der Waals surface area contributed by atoms with Gasteiger partial charge in [0, 0.05) is 17.8 Å². The van der Waals surface area contributed by atoms with Crippen LogP contribution in [-0.2, 0) is 12.8 Å². The molecule has 1 atom stereocenters. The first-order chi connectivity index (χ1) is 15.3. The monoisotopic (exact) mass is 448 g/mol. The number of aromatic nitrogens is 3. The number of nitriles is 1. The average molecular weight is 449 g/mol. The van der Waals surface area contributed by atoms with Crippen LogP contribution in [0.1, 0.15) is 54.5 Å². The van der Waals surface area contributed by atoms with E-state index in [1.54, 1.807) is 24.3 Å². The molecule has 164 valence electrons. The summed E-state index contributed by atoms with van der Waals surface area (Å²) in [6.45, 7) is 6.73. The maximum Gasteiger partial charge on any atom is 0.307 e. The largest absolute Gasteiger partial charge is 0.539 e. The summed E-state index contributed by atoms with van der Waals surface area (Å²) in [6, 6.07) is 13.0. The minimum atomic E-state index is -0.786. The van der Waals surface area contributed by atoms with Crippen molar-refractivity contribution in [2.75, 3.05) is 5.75 Å². The van der Waals surface area contributed by atoms with E-state index in [-0.39, 0.29) is 16.9 Å². The van der Waals surface area contributed by atoms with E-state index in [1.165, 1.54) is 4.68 Å². The standard InChI is InChI=1S/C24H24N4O3S/c1-24(2,3)17-9-10-19-15(12-17)11-16(13-25)22(26-19)32-14-20(29)21-23(30)31-27-28(21)18-7-5-4-6-8-18/h4-8,11,17H,9-10,12,14H2,1-3H3. The van der Waals surface area contributed by atoms with Gasteiger partial charge in [0.05, 0.1) is 16.6 Å². The van der Waals surface area contributed by atoms with Crippen molar-refractivity contribution >= 4 is 17.5 Å². The van der Waals surface area contributed by atoms with Gasteiger partial charge in [-0.05, 0) is 46.9 Å². The Morgan fingerprint density at radius 2 is 2.09 bits per heavy atom. The summed E-state index contributed by atoms with van der Waals surface area (Å²) in [5.74, 6) is -0.720. The number of rotatable bonds is 5. The Balaban J connectivity index is 1.55. The van der Waals surface area contributed by atoms with Gasteiger partial charge in [0.2, 0.25) is 11.5 Å². The third kappa shape index (κ3) is 4.39. The molecule has 0 bridgehead atoms. The molecule has 2 heterocycles. The molecular formula is C24H24N4O3S. The van der Waals surface area contributed by atoms with Crippen molar-refractivity contribution in [3.8, 4) is 17.7 Å². The van der Waals surface area contributed by atoms with E-state index in [4.69, 9.17) is 9.51 Å². The number of Topliss-reactive ketones (excluding diaryl/α,β-unsaturated/α-hetero) is 1. The maximum atomic E-state index is 12.9. The van der Waals surface area contributed by atoms with E-state index >= 15 is 0 Å². The third-order valence-corrected chi connectivity index (χ3v) is 6.90. The van der Waals surface area contributed by atoms with Crippen LogP contribution in [0.4, 0.5) is 0 Å². The van der Waals surface area contributed by atoms with Gasteiger partial charge in [0.15, 0.2) is 5.95 Å². The van der Waals surface area contributed by atoms with Crippen LogP contribution in [0.25, 0.3) is 5.69 Å². The highest BCUT2D eigenvalue weighted by molar-refractivity contribution is 8.00. The van der Waals surface area contributed by atoms with Crippen LogP contribution >= 0.6 is 11.8 Å². The lowest BCUT2D eigenvalue weighted by atomic mass is 9.71. The number of aryl methyl sites for hydroxylation is 1. The Morgan fingerprint density at radius 3 is 2.78 bits per heavy atom. The van der Waals surface area contributed by atoms with Crippen LogP contribution in [-0.4, -0.2) is 21.8 Å². The summed E-state index contributed by atoms with van der Waals surface area (Å²) in [5, 5.41) is 26.0. The molecule has 0 fully saturated rings. The minimum Gasteiger partial charge on any atom is -0.539 e. The van der Waals surface area contributed by atoms with Crippen LogP contribution in [0.15, 0.2) is 45.9 Å². The van der Waals surface area contributed by atoms with Gasteiger partial charge in [-0.2, -0.15) is 5.26 Å². The van der Waals surface area contributed by atoms with E-state index in [1.807, 2.05) is 12.1 Å². The number of benzene rings is 1. The van der Waals surface area contributed by atoms with Crippen LogP contribution in [0.3, 0.4) is 0 Å². The Kier molecular flexibility index (Phi) is 6.02. The van der Waals surface area contributed by atoms with Crippen molar-refractivity contribution < 1.29 is 19.1 Å². The number of pyridine rings is 1. The van der Waals surface area contributed by atoms with Crippen molar-refractivity contribution in [1.29, 1.82) is 5.26 Å². The van der Waals surface area contributed by atoms with Crippen LogP contribution in [0, 0.1) is 22.7 Å². The van der Waals surface area contributed by atoms with Gasteiger partial charge < -0.3 is 9.63 Å². The van der Waals surface area contributed by atoms with E-state index in [2.05, 4.69) is 32.1 Å². The quantitative estimate of drug-likeness (QED) is 0.334. The molecule has 1 aliphatic carbocycles. The molecule has 1 aliphatic rings. The fraction of sp³-hybridized carbons (Fsp3) is 0.375. The van der Waals surface area contributed by atoms with E-state index in [0.29, 0.717) is 22.2 Å². The van der Waals surface area contributed by atoms with Gasteiger partial charge in [0.25, 0.3) is 0 Å². The molecular weight excluding hydrogens is 424 g/mol. The first-order valence-electron chi connectivity index (χ1n) is 10.5. The number of hydrogen-bond acceptors (Lipinski definition) is 7. The molecule has 0 N–H and O–H groups in total. The van der Waals surface area contributed by atoms with Gasteiger partial charge in [-0.25, -0.2) is 4.98 Å². The lowest BCUT2D eigenvalue weighted by Crippen LogP contribution is -2.39. The fourth-order valence-corrected chi connectivity index (χ4v) is 4.84. The van der Waals surface area contributed by atoms with Crippen LogP contribution < -0.4 is 9.79 Å². The van der Waals surface area contributed by atoms with Gasteiger partial charge >= 0.3 is 5.69 Å². The molecule has 3 aromatic rings. The normalized spacial score (nSPS) is 15.8. The molecule has 0 saturated carbocycles. The fourth-order valence-electron chi connectivity index (χ4n) is 4.00. The van der Waals surface area contributed by atoms with Crippen molar-refractivity contribution in [2.24, 2.45) is 11.3 Å². The zero-order valence-electron chi connectivity index (χ0n) is 18.3. The number of fused-ring (bicyclic) bond motifs is 1. The topological polar surface area (TPSA) is 107 Å². The average Bonchev–Trinajstić information content (AvgIpc) is 3.17. The lowest BCUT2D eigenvalue weighted by molar-refractivity contribution is -0.672. The second-order valence-electron chi connectivity index (χ2n) is 9.03. The van der Waals surface area contributed by atoms with E-state index in [9.17, 15) is 15.2 Å². The summed E-state index contributed by atoms with van der Waals surface area (Å²) in [6.07, 6.45) is 2.81. The van der Waals surface area contributed by atoms with Gasteiger partial charge in [-0.15, -0.1) is 0 Å². The molecule has 2 aromatic heterocycles. The number of carbonyl (C=O) groups is 1. The smallest absolute Gasteiger partial charge is 0.307 e. The molecule has 1 aromatic carbocycles. The molecule has 0 aliphatic heterocycles. The zero-order valence-corrected chi connectivity index (χ0v) is 19.1. The summed E-state index contributed by atoms with van der Waals surface area (Å²) in [4.78, 5) is 17.6. The third-order valence-electron chi connectivity index (χ3n) is 5.91. The van der Waals surface area contributed by atoms with Crippen LogP contribution in [0.5, 0.6) is 5.95 Å². The van der Waals surface area contributed by atoms with Gasteiger partial charge in [-0.3, -0.25) is 4.79 Å². The van der Waals surface area contributed by atoms with Crippen molar-refractivity contribution in [3.05, 3.63) is 58.9 Å². The molecule has 0 radical (unpaired) electrons. The number of hydrogen-bond donors (Lipinski definition) is 0. The first kappa shape index (κ1) is 22.0. The highest BCUT2D eigenvalue weighted by Gasteiger charge is 2.31. The molecule has 32 heavy (non-hydrogen) atoms. The lowest BCUT2D eigenvalue weighted by Gasteiger charge is -2.34. The Bertz CT molecular complexity index is 1190. The van der Waals surface area contributed by atoms with Crippen molar-refractivity contribution in [2.45, 2.75) is 45.1 Å². The summed E-state index contributed by atoms with van der Waals surface area (Å²) in [7, 11) is 0. The number of carbonyl (C=O) groups excluding carboxylic acids is 1. The molecule has 0 amide bonds. The number of nitrogens with zero attached hydrogens (tertiary/aromatic N) is 4. The predicted octanol–water partition coefficient (Wildman–Crippen LogP) is 3.42. The highest BCUT2D eigenvalue weighted by Crippen LogP contribution is 2.38. The Hall–Kier alpha value is -3.18. The summed E-state index contributed by atoms with van der Waals surface area (Å²) < 4.78 is 5.95. The zero-order chi connectivity index (χ0) is 22.9. The van der Waals surface area contributed by atoms with Crippen molar-refractivity contribution in [3.63, 3.8) is 0 Å². The molecule has 0 spiro atoms.